The minimum absolute atomic E-state index is 0.989. The highest BCUT2D eigenvalue weighted by Gasteiger charge is 2.07. The van der Waals surface area contributed by atoms with Crippen molar-refractivity contribution in [3.63, 3.8) is 0 Å². The third-order valence-corrected chi connectivity index (χ3v) is 4.81. The minimum atomic E-state index is 0.989. The lowest BCUT2D eigenvalue weighted by Crippen LogP contribution is -1.97. The molecule has 0 spiro atoms. The standard InChI is InChI=1S/C22H23N3/c1(4-10-18-11-5-3-6-12-18)2-9-15-25-17-24-21-16-23-20-14-8-7-13-19(20)22(21)25/h3,5-8,11-14,16-17H,1-2,4,9-10,15H2. The van der Waals surface area contributed by atoms with Crippen molar-refractivity contribution < 1.29 is 0 Å². The molecule has 126 valence electrons. The fraction of sp³-hybridized carbons (Fsp3) is 0.273. The molecule has 0 radical (unpaired) electrons. The van der Waals surface area contributed by atoms with Crippen LogP contribution in [0.4, 0.5) is 0 Å². The molecule has 0 aliphatic heterocycles. The van der Waals surface area contributed by atoms with Crippen LogP contribution in [0.15, 0.2) is 67.1 Å². The van der Waals surface area contributed by atoms with Crippen LogP contribution in [0.2, 0.25) is 0 Å². The number of pyridine rings is 1. The molecule has 3 nitrogen and oxygen atoms in total. The molecule has 25 heavy (non-hydrogen) atoms. The third kappa shape index (κ3) is 3.55. The molecular formula is C22H23N3. The summed E-state index contributed by atoms with van der Waals surface area (Å²) < 4.78 is 2.29. The van der Waals surface area contributed by atoms with Crippen LogP contribution < -0.4 is 0 Å². The fourth-order valence-corrected chi connectivity index (χ4v) is 3.48. The van der Waals surface area contributed by atoms with Gasteiger partial charge in [0.2, 0.25) is 0 Å². The number of hydrogen-bond acceptors (Lipinski definition) is 2. The van der Waals surface area contributed by atoms with Crippen LogP contribution >= 0.6 is 0 Å². The number of imidazole rings is 1. The second-order valence-electron chi connectivity index (χ2n) is 6.60. The van der Waals surface area contributed by atoms with Gasteiger partial charge in [0.1, 0.15) is 5.52 Å². The van der Waals surface area contributed by atoms with Crippen molar-refractivity contribution >= 4 is 21.9 Å². The molecule has 0 unspecified atom stereocenters. The van der Waals surface area contributed by atoms with Gasteiger partial charge in [-0.2, -0.15) is 0 Å². The second kappa shape index (κ2) is 7.47. The van der Waals surface area contributed by atoms with Gasteiger partial charge in [0, 0.05) is 11.9 Å². The average molecular weight is 329 g/mol. The summed E-state index contributed by atoms with van der Waals surface area (Å²) in [4.78, 5) is 9.02. The highest BCUT2D eigenvalue weighted by molar-refractivity contribution is 6.01. The van der Waals surface area contributed by atoms with E-state index in [1.165, 1.54) is 48.6 Å². The summed E-state index contributed by atoms with van der Waals surface area (Å²) in [6.45, 7) is 1.02. The lowest BCUT2D eigenvalue weighted by Gasteiger charge is -2.07. The highest BCUT2D eigenvalue weighted by Crippen LogP contribution is 2.23. The first-order valence-corrected chi connectivity index (χ1v) is 9.14. The van der Waals surface area contributed by atoms with Gasteiger partial charge in [-0.3, -0.25) is 4.98 Å². The monoisotopic (exact) mass is 329 g/mol. The third-order valence-electron chi connectivity index (χ3n) is 4.81. The quantitative estimate of drug-likeness (QED) is 0.426. The summed E-state index contributed by atoms with van der Waals surface area (Å²) in [5.41, 5.74) is 4.69. The van der Waals surface area contributed by atoms with Gasteiger partial charge >= 0.3 is 0 Å². The van der Waals surface area contributed by atoms with Crippen molar-refractivity contribution in [1.29, 1.82) is 0 Å². The van der Waals surface area contributed by atoms with Gasteiger partial charge in [-0.05, 0) is 30.9 Å². The van der Waals surface area contributed by atoms with Crippen LogP contribution in [0.25, 0.3) is 21.9 Å². The fourth-order valence-electron chi connectivity index (χ4n) is 3.48. The molecule has 0 bridgehead atoms. The largest absolute Gasteiger partial charge is 0.330 e. The van der Waals surface area contributed by atoms with Crippen LogP contribution in [0, 0.1) is 0 Å². The van der Waals surface area contributed by atoms with Crippen molar-refractivity contribution in [2.24, 2.45) is 0 Å². The molecule has 4 aromatic rings. The maximum atomic E-state index is 4.52. The first kappa shape index (κ1) is 15.8. The number of rotatable bonds is 7. The van der Waals surface area contributed by atoms with E-state index in [2.05, 4.69) is 63.1 Å². The van der Waals surface area contributed by atoms with E-state index in [-0.39, 0.29) is 0 Å². The summed E-state index contributed by atoms with van der Waals surface area (Å²) in [6.07, 6.45) is 10.0. The summed E-state index contributed by atoms with van der Waals surface area (Å²) in [5, 5.41) is 1.20. The van der Waals surface area contributed by atoms with E-state index >= 15 is 0 Å². The lowest BCUT2D eigenvalue weighted by atomic mass is 10.1. The van der Waals surface area contributed by atoms with Gasteiger partial charge in [-0.1, -0.05) is 61.4 Å². The molecule has 4 rings (SSSR count). The lowest BCUT2D eigenvalue weighted by molar-refractivity contribution is 0.580. The van der Waals surface area contributed by atoms with Crippen LogP contribution in [0.3, 0.4) is 0 Å². The summed E-state index contributed by atoms with van der Waals surface area (Å²) >= 11 is 0. The molecule has 2 aromatic carbocycles. The van der Waals surface area contributed by atoms with Crippen molar-refractivity contribution in [3.05, 3.63) is 72.7 Å². The summed E-state index contributed by atoms with van der Waals surface area (Å²) in [7, 11) is 0. The predicted molar refractivity (Wildman–Crippen MR) is 104 cm³/mol. The molecule has 2 aromatic heterocycles. The summed E-state index contributed by atoms with van der Waals surface area (Å²) in [5.74, 6) is 0. The van der Waals surface area contributed by atoms with Crippen LogP contribution in [-0.2, 0) is 13.0 Å². The molecule has 2 heterocycles. The van der Waals surface area contributed by atoms with Crippen LogP contribution in [-0.4, -0.2) is 14.5 Å². The van der Waals surface area contributed by atoms with E-state index in [9.17, 15) is 0 Å². The van der Waals surface area contributed by atoms with Gasteiger partial charge in [0.25, 0.3) is 0 Å². The molecule has 0 fully saturated rings. The SMILES string of the molecule is c1ccc(CCCCCCn2cnc3cnc4ccccc4c32)cc1. The number of nitrogens with zero attached hydrogens (tertiary/aromatic N) is 3. The maximum Gasteiger partial charge on any atom is 0.107 e. The first-order valence-electron chi connectivity index (χ1n) is 9.14. The van der Waals surface area contributed by atoms with Gasteiger partial charge in [-0.15, -0.1) is 0 Å². The molecule has 0 aliphatic carbocycles. The molecule has 0 atom stereocenters. The summed E-state index contributed by atoms with van der Waals surface area (Å²) in [6, 6.07) is 19.1. The number of fused-ring (bicyclic) bond motifs is 3. The smallest absolute Gasteiger partial charge is 0.107 e. The molecule has 3 heteroatoms. The molecular weight excluding hydrogens is 306 g/mol. The van der Waals surface area contributed by atoms with E-state index < -0.39 is 0 Å². The van der Waals surface area contributed by atoms with E-state index in [1.54, 1.807) is 0 Å². The Balaban J connectivity index is 1.35. The number of aryl methyl sites for hydroxylation is 2. The molecule has 0 saturated carbocycles. The van der Waals surface area contributed by atoms with Crippen molar-refractivity contribution in [2.75, 3.05) is 0 Å². The predicted octanol–water partition coefficient (Wildman–Crippen LogP) is 5.39. The number of para-hydroxylation sites is 1. The average Bonchev–Trinajstić information content (AvgIpc) is 3.09. The van der Waals surface area contributed by atoms with Gasteiger partial charge in [0.05, 0.1) is 23.6 Å². The number of unbranched alkanes of at least 4 members (excludes halogenated alkanes) is 3. The van der Waals surface area contributed by atoms with E-state index in [0.717, 1.165) is 17.6 Å². The van der Waals surface area contributed by atoms with Gasteiger partial charge < -0.3 is 4.57 Å². The number of hydrogen-bond donors (Lipinski definition) is 0. The Hall–Kier alpha value is -2.68. The Kier molecular flexibility index (Phi) is 4.73. The Morgan fingerprint density at radius 1 is 0.720 bits per heavy atom. The van der Waals surface area contributed by atoms with Crippen molar-refractivity contribution in [1.82, 2.24) is 14.5 Å². The van der Waals surface area contributed by atoms with Gasteiger partial charge in [0.15, 0.2) is 0 Å². The van der Waals surface area contributed by atoms with Crippen molar-refractivity contribution in [2.45, 2.75) is 38.6 Å². The van der Waals surface area contributed by atoms with E-state index in [0.29, 0.717) is 0 Å². The van der Waals surface area contributed by atoms with Crippen molar-refractivity contribution in [3.8, 4) is 0 Å². The Labute approximate surface area is 148 Å². The zero-order valence-corrected chi connectivity index (χ0v) is 14.4. The highest BCUT2D eigenvalue weighted by atomic mass is 15.0. The molecule has 0 aliphatic rings. The zero-order valence-electron chi connectivity index (χ0n) is 14.4. The minimum Gasteiger partial charge on any atom is -0.330 e. The maximum absolute atomic E-state index is 4.52. The number of aromatic nitrogens is 3. The second-order valence-corrected chi connectivity index (χ2v) is 6.60. The Bertz CT molecular complexity index is 957. The first-order chi connectivity index (χ1) is 12.4. The molecule has 0 N–H and O–H groups in total. The zero-order chi connectivity index (χ0) is 16.9. The normalized spacial score (nSPS) is 11.4. The molecule has 0 saturated heterocycles. The number of benzene rings is 2. The van der Waals surface area contributed by atoms with Gasteiger partial charge in [-0.25, -0.2) is 4.98 Å². The van der Waals surface area contributed by atoms with E-state index in [4.69, 9.17) is 0 Å². The van der Waals surface area contributed by atoms with Crippen LogP contribution in [0.1, 0.15) is 31.2 Å². The Morgan fingerprint density at radius 2 is 1.52 bits per heavy atom. The topological polar surface area (TPSA) is 30.7 Å². The Morgan fingerprint density at radius 3 is 2.44 bits per heavy atom. The van der Waals surface area contributed by atoms with Crippen LogP contribution in [0.5, 0.6) is 0 Å². The van der Waals surface area contributed by atoms with E-state index in [1.807, 2.05) is 18.6 Å². The molecule has 0 amide bonds.